The zero-order valence-electron chi connectivity index (χ0n) is 12.5. The lowest BCUT2D eigenvalue weighted by Crippen LogP contribution is -2.54. The van der Waals surface area contributed by atoms with Crippen LogP contribution in [0.3, 0.4) is 0 Å². The van der Waals surface area contributed by atoms with Gasteiger partial charge >= 0.3 is 6.18 Å². The Balaban J connectivity index is 1.77. The number of amides is 2. The van der Waals surface area contributed by atoms with Gasteiger partial charge in [-0.25, -0.2) is 0 Å². The number of terminal acetylenes is 1. The van der Waals surface area contributed by atoms with Crippen LogP contribution in [0.1, 0.15) is 25.7 Å². The summed E-state index contributed by atoms with van der Waals surface area (Å²) in [6.07, 6.45) is 2.39. The van der Waals surface area contributed by atoms with Gasteiger partial charge in [0.15, 0.2) is 5.66 Å². The molecule has 9 heteroatoms. The maximum absolute atomic E-state index is 12.3. The van der Waals surface area contributed by atoms with Crippen molar-refractivity contribution in [1.29, 1.82) is 0 Å². The zero-order chi connectivity index (χ0) is 17.1. The fraction of sp³-hybridized carbons (Fsp3) is 0.714. The van der Waals surface area contributed by atoms with Crippen molar-refractivity contribution in [2.24, 2.45) is 10.2 Å². The Hall–Kier alpha value is -2.11. The Bertz CT molecular complexity index is 547. The van der Waals surface area contributed by atoms with Crippen LogP contribution in [0.4, 0.5) is 13.2 Å². The molecule has 6 nitrogen and oxygen atoms in total. The molecule has 1 saturated heterocycles. The molecular weight excluding hydrogens is 313 g/mol. The number of hydrogen-bond acceptors (Lipinski definition) is 4. The molecule has 0 aliphatic carbocycles. The van der Waals surface area contributed by atoms with Gasteiger partial charge in [-0.3, -0.25) is 9.59 Å². The second-order valence-electron chi connectivity index (χ2n) is 5.63. The molecule has 2 heterocycles. The van der Waals surface area contributed by atoms with Crippen LogP contribution >= 0.6 is 0 Å². The highest BCUT2D eigenvalue weighted by molar-refractivity contribution is 5.86. The Labute approximate surface area is 131 Å². The van der Waals surface area contributed by atoms with E-state index in [1.165, 1.54) is 4.90 Å². The molecule has 1 fully saturated rings. The van der Waals surface area contributed by atoms with Gasteiger partial charge in [0.1, 0.15) is 6.54 Å². The highest BCUT2D eigenvalue weighted by Crippen LogP contribution is 2.37. The minimum absolute atomic E-state index is 0.103. The van der Waals surface area contributed by atoms with E-state index in [1.54, 1.807) is 0 Å². The zero-order valence-corrected chi connectivity index (χ0v) is 12.5. The van der Waals surface area contributed by atoms with Crippen molar-refractivity contribution in [2.45, 2.75) is 37.5 Å². The smallest absolute Gasteiger partial charge is 0.332 e. The molecule has 0 unspecified atom stereocenters. The van der Waals surface area contributed by atoms with Gasteiger partial charge in [0.25, 0.3) is 0 Å². The summed E-state index contributed by atoms with van der Waals surface area (Å²) in [4.78, 5) is 25.8. The first-order valence-corrected chi connectivity index (χ1v) is 7.24. The van der Waals surface area contributed by atoms with Crippen molar-refractivity contribution >= 4 is 11.8 Å². The number of halogens is 3. The van der Waals surface area contributed by atoms with Crippen LogP contribution in [0.15, 0.2) is 10.2 Å². The van der Waals surface area contributed by atoms with E-state index in [2.05, 4.69) is 16.1 Å². The maximum atomic E-state index is 12.3. The monoisotopic (exact) mass is 330 g/mol. The third-order valence-electron chi connectivity index (χ3n) is 3.83. The topological polar surface area (TPSA) is 65.3 Å². The average molecular weight is 330 g/mol. The quantitative estimate of drug-likeness (QED) is 0.694. The Morgan fingerprint density at radius 3 is 2.52 bits per heavy atom. The standard InChI is InChI=1S/C14H17F3N4O2/c1-2-3-5-13(18-19-13)6-4-11(22)20-7-8-21(12(23)9-20)10-14(15,16)17/h1H,3-10H2. The summed E-state index contributed by atoms with van der Waals surface area (Å²) in [6, 6.07) is 0. The third kappa shape index (κ3) is 4.94. The number of nitrogens with zero attached hydrogens (tertiary/aromatic N) is 4. The van der Waals surface area contributed by atoms with E-state index >= 15 is 0 Å². The molecule has 0 aromatic carbocycles. The molecular formula is C14H17F3N4O2. The van der Waals surface area contributed by atoms with E-state index in [0.717, 1.165) is 4.90 Å². The molecule has 2 amide bonds. The van der Waals surface area contributed by atoms with Crippen molar-refractivity contribution in [3.63, 3.8) is 0 Å². The van der Waals surface area contributed by atoms with Crippen LogP contribution in [0, 0.1) is 12.3 Å². The average Bonchev–Trinajstić information content (AvgIpc) is 3.24. The van der Waals surface area contributed by atoms with Crippen molar-refractivity contribution in [3.05, 3.63) is 0 Å². The van der Waals surface area contributed by atoms with Gasteiger partial charge in [-0.05, 0) is 0 Å². The van der Waals surface area contributed by atoms with Crippen molar-refractivity contribution < 1.29 is 22.8 Å². The van der Waals surface area contributed by atoms with E-state index in [0.29, 0.717) is 19.3 Å². The van der Waals surface area contributed by atoms with Crippen molar-refractivity contribution in [2.75, 3.05) is 26.2 Å². The predicted octanol–water partition coefficient (Wildman–Crippen LogP) is 1.58. The lowest BCUT2D eigenvalue weighted by Gasteiger charge is -2.34. The molecule has 0 spiro atoms. The lowest BCUT2D eigenvalue weighted by atomic mass is 10.0. The van der Waals surface area contributed by atoms with E-state index in [1.807, 2.05) is 0 Å². The Kier molecular flexibility index (Phi) is 4.92. The number of alkyl halides is 3. The summed E-state index contributed by atoms with van der Waals surface area (Å²) < 4.78 is 37.0. The number of piperazine rings is 1. The summed E-state index contributed by atoms with van der Waals surface area (Å²) >= 11 is 0. The highest BCUT2D eigenvalue weighted by Gasteiger charge is 2.40. The van der Waals surface area contributed by atoms with E-state index in [9.17, 15) is 22.8 Å². The molecule has 2 aliphatic heterocycles. The van der Waals surface area contributed by atoms with E-state index < -0.39 is 24.3 Å². The van der Waals surface area contributed by atoms with Crippen LogP contribution in [-0.2, 0) is 9.59 Å². The molecule has 0 atom stereocenters. The van der Waals surface area contributed by atoms with E-state index in [4.69, 9.17) is 6.42 Å². The first-order valence-electron chi connectivity index (χ1n) is 7.24. The molecule has 0 aromatic rings. The normalized spacial score (nSPS) is 19.7. The lowest BCUT2D eigenvalue weighted by molar-refractivity contribution is -0.167. The van der Waals surface area contributed by atoms with Gasteiger partial charge in [0, 0.05) is 38.8 Å². The summed E-state index contributed by atoms with van der Waals surface area (Å²) in [6.45, 7) is -1.60. The van der Waals surface area contributed by atoms with Gasteiger partial charge in [-0.15, -0.1) is 12.3 Å². The maximum Gasteiger partial charge on any atom is 0.406 e. The van der Waals surface area contributed by atoms with Crippen molar-refractivity contribution in [1.82, 2.24) is 9.80 Å². The minimum atomic E-state index is -4.43. The van der Waals surface area contributed by atoms with Gasteiger partial charge in [0.2, 0.25) is 11.8 Å². The number of carbonyl (C=O) groups excluding carboxylic acids is 2. The van der Waals surface area contributed by atoms with Gasteiger partial charge in [0.05, 0.1) is 6.54 Å². The second kappa shape index (κ2) is 6.56. The number of carbonyl (C=O) groups is 2. The minimum Gasteiger partial charge on any atom is -0.332 e. The highest BCUT2D eigenvalue weighted by atomic mass is 19.4. The molecule has 2 aliphatic rings. The molecule has 2 rings (SSSR count). The van der Waals surface area contributed by atoms with Crippen LogP contribution in [0.25, 0.3) is 0 Å². The Morgan fingerprint density at radius 2 is 2.00 bits per heavy atom. The summed E-state index contributed by atoms with van der Waals surface area (Å²) in [5.41, 5.74) is -0.579. The molecule has 0 N–H and O–H groups in total. The van der Waals surface area contributed by atoms with Crippen LogP contribution in [-0.4, -0.2) is 59.6 Å². The van der Waals surface area contributed by atoms with Crippen LogP contribution in [0.5, 0.6) is 0 Å². The third-order valence-corrected chi connectivity index (χ3v) is 3.83. The fourth-order valence-electron chi connectivity index (χ4n) is 2.44. The summed E-state index contributed by atoms with van der Waals surface area (Å²) in [5, 5.41) is 7.83. The van der Waals surface area contributed by atoms with E-state index in [-0.39, 0.29) is 32.0 Å². The number of rotatable bonds is 6. The largest absolute Gasteiger partial charge is 0.406 e. The summed E-state index contributed by atoms with van der Waals surface area (Å²) in [7, 11) is 0. The van der Waals surface area contributed by atoms with Gasteiger partial charge in [-0.1, -0.05) is 0 Å². The first-order chi connectivity index (χ1) is 10.7. The first kappa shape index (κ1) is 17.2. The fourth-order valence-corrected chi connectivity index (χ4v) is 2.44. The molecule has 0 radical (unpaired) electrons. The molecule has 126 valence electrons. The molecule has 0 aromatic heterocycles. The van der Waals surface area contributed by atoms with Crippen LogP contribution in [0.2, 0.25) is 0 Å². The van der Waals surface area contributed by atoms with Gasteiger partial charge < -0.3 is 9.80 Å². The summed E-state index contributed by atoms with van der Waals surface area (Å²) in [5.74, 6) is 1.52. The second-order valence-corrected chi connectivity index (χ2v) is 5.63. The van der Waals surface area contributed by atoms with Crippen molar-refractivity contribution in [3.8, 4) is 12.3 Å². The Morgan fingerprint density at radius 1 is 1.30 bits per heavy atom. The van der Waals surface area contributed by atoms with Crippen LogP contribution < -0.4 is 0 Å². The van der Waals surface area contributed by atoms with Gasteiger partial charge in [-0.2, -0.15) is 23.4 Å². The predicted molar refractivity (Wildman–Crippen MR) is 74.1 cm³/mol. The molecule has 0 saturated carbocycles. The SMILES string of the molecule is C#CCCC1(CCC(=O)N2CCN(CC(F)(F)F)C(=O)C2)N=N1. The number of hydrogen-bond donors (Lipinski definition) is 0. The molecule has 0 bridgehead atoms. The molecule has 23 heavy (non-hydrogen) atoms.